The number of anilines is 1. The number of carbonyl (C=O) groups is 2. The predicted octanol–water partition coefficient (Wildman–Crippen LogP) is 1.76. The van der Waals surface area contributed by atoms with Crippen molar-refractivity contribution in [3.63, 3.8) is 0 Å². The number of pyridine rings is 1. The van der Waals surface area contributed by atoms with E-state index >= 15 is 0 Å². The first kappa shape index (κ1) is 16.7. The molecule has 6 heteroatoms. The van der Waals surface area contributed by atoms with Crippen LogP contribution in [0.5, 0.6) is 5.88 Å². The molecule has 0 aliphatic rings. The Labute approximate surface area is 124 Å². The number of aryl methyl sites for hydroxylation is 1. The van der Waals surface area contributed by atoms with Gasteiger partial charge in [0.05, 0.1) is 12.6 Å². The van der Waals surface area contributed by atoms with Gasteiger partial charge in [0.2, 0.25) is 17.7 Å². The van der Waals surface area contributed by atoms with Gasteiger partial charge in [-0.1, -0.05) is 6.58 Å². The first-order chi connectivity index (χ1) is 9.83. The van der Waals surface area contributed by atoms with Crippen molar-refractivity contribution in [1.29, 1.82) is 0 Å². The van der Waals surface area contributed by atoms with Crippen LogP contribution in [0.4, 0.5) is 5.69 Å². The zero-order valence-electron chi connectivity index (χ0n) is 12.8. The maximum Gasteiger partial charge on any atom is 0.246 e. The number of hydrogen-bond donors (Lipinski definition) is 1. The van der Waals surface area contributed by atoms with E-state index in [4.69, 9.17) is 4.74 Å². The maximum absolute atomic E-state index is 12.0. The molecule has 1 aromatic heterocycles. The van der Waals surface area contributed by atoms with Crippen molar-refractivity contribution in [3.05, 3.63) is 30.5 Å². The lowest BCUT2D eigenvalue weighted by Gasteiger charge is -2.17. The Balaban J connectivity index is 2.81. The molecule has 0 saturated heterocycles. The van der Waals surface area contributed by atoms with Crippen molar-refractivity contribution < 1.29 is 14.3 Å². The van der Waals surface area contributed by atoms with Crippen LogP contribution < -0.4 is 10.1 Å². The Hall–Kier alpha value is -2.37. The molecule has 0 bridgehead atoms. The minimum Gasteiger partial charge on any atom is -0.473 e. The van der Waals surface area contributed by atoms with E-state index in [9.17, 15) is 9.59 Å². The van der Waals surface area contributed by atoms with E-state index in [2.05, 4.69) is 16.9 Å². The van der Waals surface area contributed by atoms with Gasteiger partial charge >= 0.3 is 0 Å². The normalized spacial score (nSPS) is 10.1. The van der Waals surface area contributed by atoms with Gasteiger partial charge < -0.3 is 15.0 Å². The highest BCUT2D eigenvalue weighted by molar-refractivity contribution is 5.97. The quantitative estimate of drug-likeness (QED) is 0.811. The number of ether oxygens (including phenoxy) is 1. The van der Waals surface area contributed by atoms with Crippen LogP contribution in [0.1, 0.15) is 19.4 Å². The lowest BCUT2D eigenvalue weighted by molar-refractivity contribution is -0.129. The lowest BCUT2D eigenvalue weighted by Crippen LogP contribution is -2.34. The van der Waals surface area contributed by atoms with Gasteiger partial charge in [0.25, 0.3) is 0 Å². The summed E-state index contributed by atoms with van der Waals surface area (Å²) < 4.78 is 5.55. The third-order valence-corrected chi connectivity index (χ3v) is 2.54. The number of nitrogens with zero attached hydrogens (tertiary/aromatic N) is 2. The zero-order valence-corrected chi connectivity index (χ0v) is 12.8. The van der Waals surface area contributed by atoms with Crippen molar-refractivity contribution in [3.8, 4) is 5.88 Å². The average Bonchev–Trinajstić information content (AvgIpc) is 2.40. The highest BCUT2D eigenvalue weighted by atomic mass is 16.5. The number of likely N-dealkylation sites (N-methyl/N-ethyl adjacent to an activating group) is 1. The van der Waals surface area contributed by atoms with Crippen LogP contribution in [0, 0.1) is 6.92 Å². The topological polar surface area (TPSA) is 71.5 Å². The van der Waals surface area contributed by atoms with E-state index in [0.717, 1.165) is 11.6 Å². The van der Waals surface area contributed by atoms with Crippen LogP contribution >= 0.6 is 0 Å². The Morgan fingerprint density at radius 3 is 2.76 bits per heavy atom. The first-order valence-electron chi connectivity index (χ1n) is 6.64. The molecule has 1 aromatic rings. The molecule has 114 valence electrons. The monoisotopic (exact) mass is 291 g/mol. The molecule has 1 N–H and O–H groups in total. The molecule has 1 heterocycles. The number of hydrogen-bond acceptors (Lipinski definition) is 4. The predicted molar refractivity (Wildman–Crippen MR) is 81.2 cm³/mol. The van der Waals surface area contributed by atoms with Gasteiger partial charge in [-0.15, -0.1) is 0 Å². The van der Waals surface area contributed by atoms with Crippen molar-refractivity contribution in [2.45, 2.75) is 26.9 Å². The number of carbonyl (C=O) groups excluding carboxylic acids is 2. The second kappa shape index (κ2) is 7.42. The summed E-state index contributed by atoms with van der Waals surface area (Å²) in [4.78, 5) is 28.8. The SMILES string of the molecule is C=CC(=O)N(C)CC(=O)Nc1cc(C)cnc1OC(C)C. The van der Waals surface area contributed by atoms with Crippen molar-refractivity contribution in [2.75, 3.05) is 18.9 Å². The molecule has 6 nitrogen and oxygen atoms in total. The molecule has 0 aliphatic heterocycles. The minimum absolute atomic E-state index is 0.0547. The van der Waals surface area contributed by atoms with Crippen LogP contribution in [-0.2, 0) is 9.59 Å². The van der Waals surface area contributed by atoms with Gasteiger partial charge in [-0.2, -0.15) is 0 Å². The molecule has 2 amide bonds. The van der Waals surface area contributed by atoms with E-state index < -0.39 is 0 Å². The number of aromatic nitrogens is 1. The Morgan fingerprint density at radius 2 is 2.19 bits per heavy atom. The van der Waals surface area contributed by atoms with Crippen LogP contribution in [0.2, 0.25) is 0 Å². The zero-order chi connectivity index (χ0) is 16.0. The lowest BCUT2D eigenvalue weighted by atomic mass is 10.3. The summed E-state index contributed by atoms with van der Waals surface area (Å²) in [5.74, 6) is -0.276. The van der Waals surface area contributed by atoms with Crippen molar-refractivity contribution in [1.82, 2.24) is 9.88 Å². The number of nitrogens with one attached hydrogen (secondary N) is 1. The smallest absolute Gasteiger partial charge is 0.246 e. The van der Waals surface area contributed by atoms with Crippen LogP contribution in [0.15, 0.2) is 24.9 Å². The molecule has 0 fully saturated rings. The summed E-state index contributed by atoms with van der Waals surface area (Å²) in [5.41, 5.74) is 1.39. The largest absolute Gasteiger partial charge is 0.473 e. The average molecular weight is 291 g/mol. The second-order valence-electron chi connectivity index (χ2n) is 4.98. The molecule has 0 aliphatic carbocycles. The Kier molecular flexibility index (Phi) is 5.90. The molecule has 0 aromatic carbocycles. The highest BCUT2D eigenvalue weighted by Gasteiger charge is 2.14. The summed E-state index contributed by atoms with van der Waals surface area (Å²) >= 11 is 0. The fourth-order valence-electron chi connectivity index (χ4n) is 1.60. The standard InChI is InChI=1S/C15H21N3O3/c1-6-14(20)18(5)9-13(19)17-12-7-11(4)8-16-15(12)21-10(2)3/h6-8,10H,1,9H2,2-5H3,(H,17,19). The van der Waals surface area contributed by atoms with Crippen LogP contribution in [0.25, 0.3) is 0 Å². The van der Waals surface area contributed by atoms with Crippen molar-refractivity contribution in [2.24, 2.45) is 0 Å². The third-order valence-electron chi connectivity index (χ3n) is 2.54. The molecule has 21 heavy (non-hydrogen) atoms. The summed E-state index contributed by atoms with van der Waals surface area (Å²) in [6, 6.07) is 1.78. The molecule has 0 spiro atoms. The fraction of sp³-hybridized carbons (Fsp3) is 0.400. The molecule has 0 unspecified atom stereocenters. The minimum atomic E-state index is -0.325. The van der Waals surface area contributed by atoms with Gasteiger partial charge in [0.1, 0.15) is 5.69 Å². The van der Waals surface area contributed by atoms with Gasteiger partial charge in [0.15, 0.2) is 0 Å². The van der Waals surface area contributed by atoms with E-state index in [1.54, 1.807) is 12.3 Å². The van der Waals surface area contributed by atoms with E-state index in [-0.39, 0.29) is 24.5 Å². The van der Waals surface area contributed by atoms with E-state index in [0.29, 0.717) is 11.6 Å². The molecular formula is C15H21N3O3. The summed E-state index contributed by atoms with van der Waals surface area (Å²) in [7, 11) is 1.53. The summed E-state index contributed by atoms with van der Waals surface area (Å²) in [6.45, 7) is 8.94. The van der Waals surface area contributed by atoms with Gasteiger partial charge in [0, 0.05) is 13.2 Å². The number of amides is 2. The van der Waals surface area contributed by atoms with Crippen LogP contribution in [0.3, 0.4) is 0 Å². The third kappa shape index (κ3) is 5.25. The van der Waals surface area contributed by atoms with Gasteiger partial charge in [-0.05, 0) is 38.5 Å². The number of rotatable bonds is 6. The molecule has 1 rings (SSSR count). The molecular weight excluding hydrogens is 270 g/mol. The Bertz CT molecular complexity index is 541. The second-order valence-corrected chi connectivity index (χ2v) is 4.98. The van der Waals surface area contributed by atoms with Gasteiger partial charge in [-0.3, -0.25) is 9.59 Å². The van der Waals surface area contributed by atoms with Crippen molar-refractivity contribution >= 4 is 17.5 Å². The maximum atomic E-state index is 12.0. The summed E-state index contributed by atoms with van der Waals surface area (Å²) in [6.07, 6.45) is 2.77. The Morgan fingerprint density at radius 1 is 1.52 bits per heavy atom. The molecule has 0 atom stereocenters. The molecule has 0 saturated carbocycles. The fourth-order valence-corrected chi connectivity index (χ4v) is 1.60. The molecule has 0 radical (unpaired) electrons. The highest BCUT2D eigenvalue weighted by Crippen LogP contribution is 2.23. The van der Waals surface area contributed by atoms with E-state index in [1.165, 1.54) is 11.9 Å². The first-order valence-corrected chi connectivity index (χ1v) is 6.64. The van der Waals surface area contributed by atoms with Crippen LogP contribution in [-0.4, -0.2) is 41.4 Å². The van der Waals surface area contributed by atoms with E-state index in [1.807, 2.05) is 20.8 Å². The van der Waals surface area contributed by atoms with Gasteiger partial charge in [-0.25, -0.2) is 4.98 Å². The summed E-state index contributed by atoms with van der Waals surface area (Å²) in [5, 5.41) is 2.71.